The van der Waals surface area contributed by atoms with Crippen molar-refractivity contribution in [1.29, 1.82) is 0 Å². The van der Waals surface area contributed by atoms with Crippen LogP contribution in [0.3, 0.4) is 0 Å². The van der Waals surface area contributed by atoms with Crippen LogP contribution in [-0.2, 0) is 11.0 Å². The Labute approximate surface area is 93.9 Å². The molecule has 1 fully saturated rings. The smallest absolute Gasteiger partial charge is 0.100 e. The molecule has 1 aromatic carbocycles. The normalized spacial score (nSPS) is 27.4. The van der Waals surface area contributed by atoms with Crippen LogP contribution in [0.5, 0.6) is 0 Å². The zero-order chi connectivity index (χ0) is 11.1. The van der Waals surface area contributed by atoms with Crippen LogP contribution >= 0.6 is 0 Å². The summed E-state index contributed by atoms with van der Waals surface area (Å²) in [6.07, 6.45) is 0. The molecule has 0 aliphatic carbocycles. The summed E-state index contributed by atoms with van der Waals surface area (Å²) < 4.78 is 13.9. The molecule has 1 aliphatic heterocycles. The SMILES string of the molecule is CC(C)(C)[S@](=O)N1C[C@@H]1c1ccccc1. The van der Waals surface area contributed by atoms with E-state index in [1.807, 2.05) is 39.0 Å². The van der Waals surface area contributed by atoms with Gasteiger partial charge in [-0.25, -0.2) is 8.51 Å². The van der Waals surface area contributed by atoms with Gasteiger partial charge in [0.05, 0.1) is 10.8 Å². The number of hydrogen-bond acceptors (Lipinski definition) is 1. The van der Waals surface area contributed by atoms with Crippen LogP contribution in [0.2, 0.25) is 0 Å². The largest absolute Gasteiger partial charge is 0.242 e. The molecule has 0 aromatic heterocycles. The first-order valence-electron chi connectivity index (χ1n) is 5.24. The van der Waals surface area contributed by atoms with Gasteiger partial charge in [0.2, 0.25) is 0 Å². The summed E-state index contributed by atoms with van der Waals surface area (Å²) in [5.41, 5.74) is 1.27. The third-order valence-corrected chi connectivity index (χ3v) is 4.37. The quantitative estimate of drug-likeness (QED) is 0.705. The van der Waals surface area contributed by atoms with Crippen LogP contribution in [-0.4, -0.2) is 19.8 Å². The highest BCUT2D eigenvalue weighted by Crippen LogP contribution is 2.39. The first kappa shape index (κ1) is 10.8. The fraction of sp³-hybridized carbons (Fsp3) is 0.500. The third-order valence-electron chi connectivity index (χ3n) is 2.49. The molecule has 0 amide bonds. The summed E-state index contributed by atoms with van der Waals surface area (Å²) in [4.78, 5) is 0. The number of nitrogens with zero attached hydrogens (tertiary/aromatic N) is 1. The van der Waals surface area contributed by atoms with Gasteiger partial charge in [0.15, 0.2) is 0 Å². The maximum Gasteiger partial charge on any atom is 0.100 e. The minimum absolute atomic E-state index is 0.149. The first-order valence-corrected chi connectivity index (χ1v) is 6.34. The molecule has 1 aromatic rings. The highest BCUT2D eigenvalue weighted by Gasteiger charge is 2.43. The molecule has 82 valence electrons. The highest BCUT2D eigenvalue weighted by atomic mass is 32.2. The Morgan fingerprint density at radius 2 is 1.87 bits per heavy atom. The second-order valence-electron chi connectivity index (χ2n) is 4.89. The molecule has 3 atom stereocenters. The lowest BCUT2D eigenvalue weighted by atomic mass is 10.2. The summed E-state index contributed by atoms with van der Waals surface area (Å²) >= 11 is 0. The highest BCUT2D eigenvalue weighted by molar-refractivity contribution is 7.84. The average molecular weight is 223 g/mol. The molecule has 0 spiro atoms. The summed E-state index contributed by atoms with van der Waals surface area (Å²) in [7, 11) is -0.875. The number of benzene rings is 1. The fourth-order valence-electron chi connectivity index (χ4n) is 1.61. The van der Waals surface area contributed by atoms with Gasteiger partial charge in [0.1, 0.15) is 11.0 Å². The van der Waals surface area contributed by atoms with E-state index < -0.39 is 11.0 Å². The summed E-state index contributed by atoms with van der Waals surface area (Å²) in [5, 5.41) is 0. The van der Waals surface area contributed by atoms with E-state index in [2.05, 4.69) is 16.4 Å². The van der Waals surface area contributed by atoms with Gasteiger partial charge in [0, 0.05) is 6.54 Å². The first-order chi connectivity index (χ1) is 7.00. The summed E-state index contributed by atoms with van der Waals surface area (Å²) in [6.45, 7) is 6.98. The zero-order valence-electron chi connectivity index (χ0n) is 9.43. The molecule has 0 saturated carbocycles. The lowest BCUT2D eigenvalue weighted by Crippen LogP contribution is -2.27. The fourth-order valence-corrected chi connectivity index (χ4v) is 2.94. The van der Waals surface area contributed by atoms with E-state index in [0.29, 0.717) is 6.04 Å². The molecule has 0 radical (unpaired) electrons. The summed E-state index contributed by atoms with van der Waals surface area (Å²) in [6, 6.07) is 10.6. The Hall–Kier alpha value is -0.670. The second kappa shape index (κ2) is 3.72. The van der Waals surface area contributed by atoms with Crippen LogP contribution < -0.4 is 0 Å². The minimum atomic E-state index is -0.875. The van der Waals surface area contributed by atoms with Crippen molar-refractivity contribution in [3.8, 4) is 0 Å². The zero-order valence-corrected chi connectivity index (χ0v) is 10.3. The minimum Gasteiger partial charge on any atom is -0.242 e. The molecular weight excluding hydrogens is 206 g/mol. The van der Waals surface area contributed by atoms with Gasteiger partial charge in [-0.3, -0.25) is 0 Å². The van der Waals surface area contributed by atoms with E-state index in [9.17, 15) is 4.21 Å². The average Bonchev–Trinajstić information content (AvgIpc) is 2.96. The lowest BCUT2D eigenvalue weighted by Gasteiger charge is -2.18. The van der Waals surface area contributed by atoms with Crippen molar-refractivity contribution in [1.82, 2.24) is 4.31 Å². The molecule has 1 heterocycles. The van der Waals surface area contributed by atoms with Crippen molar-refractivity contribution < 1.29 is 4.21 Å². The maximum atomic E-state index is 12.0. The van der Waals surface area contributed by atoms with Crippen LogP contribution in [0.15, 0.2) is 30.3 Å². The van der Waals surface area contributed by atoms with E-state index in [4.69, 9.17) is 0 Å². The topological polar surface area (TPSA) is 20.1 Å². The van der Waals surface area contributed by atoms with Crippen LogP contribution in [0.4, 0.5) is 0 Å². The molecule has 0 N–H and O–H groups in total. The second-order valence-corrected chi connectivity index (χ2v) is 7.08. The van der Waals surface area contributed by atoms with Crippen molar-refractivity contribution in [2.45, 2.75) is 31.6 Å². The lowest BCUT2D eigenvalue weighted by molar-refractivity contribution is 0.607. The molecule has 15 heavy (non-hydrogen) atoms. The molecule has 3 heteroatoms. The van der Waals surface area contributed by atoms with Crippen molar-refractivity contribution in [3.05, 3.63) is 35.9 Å². The van der Waals surface area contributed by atoms with E-state index in [-0.39, 0.29) is 4.75 Å². The Kier molecular flexibility index (Phi) is 2.69. The standard InChI is InChI=1S/C12H17NOS/c1-12(2,3)15(14)13-9-11(13)10-7-5-4-6-8-10/h4-8,11H,9H2,1-3H3/t11-,13?,15+/m1/s1. The monoisotopic (exact) mass is 223 g/mol. The van der Waals surface area contributed by atoms with Crippen LogP contribution in [0.25, 0.3) is 0 Å². The Balaban J connectivity index is 2.06. The van der Waals surface area contributed by atoms with E-state index in [0.717, 1.165) is 6.54 Å². The van der Waals surface area contributed by atoms with Gasteiger partial charge in [-0.2, -0.15) is 0 Å². The molecule has 1 unspecified atom stereocenters. The Morgan fingerprint density at radius 1 is 1.27 bits per heavy atom. The van der Waals surface area contributed by atoms with Gasteiger partial charge in [-0.05, 0) is 26.3 Å². The predicted octanol–water partition coefficient (Wildman–Crippen LogP) is 2.51. The van der Waals surface area contributed by atoms with Crippen molar-refractivity contribution >= 4 is 11.0 Å². The van der Waals surface area contributed by atoms with Crippen LogP contribution in [0, 0.1) is 0 Å². The van der Waals surface area contributed by atoms with E-state index in [1.165, 1.54) is 5.56 Å². The number of rotatable bonds is 2. The molecule has 2 nitrogen and oxygen atoms in total. The van der Waals surface area contributed by atoms with Gasteiger partial charge >= 0.3 is 0 Å². The van der Waals surface area contributed by atoms with Crippen molar-refractivity contribution in [3.63, 3.8) is 0 Å². The Bertz CT molecular complexity index is 369. The molecule has 1 saturated heterocycles. The van der Waals surface area contributed by atoms with Crippen molar-refractivity contribution in [2.75, 3.05) is 6.54 Å². The predicted molar refractivity (Wildman–Crippen MR) is 63.8 cm³/mol. The molecule has 0 bridgehead atoms. The van der Waals surface area contributed by atoms with E-state index in [1.54, 1.807) is 0 Å². The molecule has 1 aliphatic rings. The van der Waals surface area contributed by atoms with Gasteiger partial charge in [-0.1, -0.05) is 30.3 Å². The van der Waals surface area contributed by atoms with Gasteiger partial charge in [0.25, 0.3) is 0 Å². The Morgan fingerprint density at radius 3 is 2.40 bits per heavy atom. The molecular formula is C12H17NOS. The van der Waals surface area contributed by atoms with E-state index >= 15 is 0 Å². The molecule has 2 rings (SSSR count). The van der Waals surface area contributed by atoms with Gasteiger partial charge < -0.3 is 0 Å². The van der Waals surface area contributed by atoms with Gasteiger partial charge in [-0.15, -0.1) is 0 Å². The summed E-state index contributed by atoms with van der Waals surface area (Å²) in [5.74, 6) is 0. The number of hydrogen-bond donors (Lipinski definition) is 0. The third kappa shape index (κ3) is 2.29. The van der Waals surface area contributed by atoms with Crippen LogP contribution in [0.1, 0.15) is 32.4 Å². The maximum absolute atomic E-state index is 12.0. The van der Waals surface area contributed by atoms with Crippen molar-refractivity contribution in [2.24, 2.45) is 0 Å².